The van der Waals surface area contributed by atoms with Crippen LogP contribution in [-0.2, 0) is 45.3 Å². The predicted octanol–water partition coefficient (Wildman–Crippen LogP) is 21.3. The van der Waals surface area contributed by atoms with E-state index in [0.29, 0.717) is 126 Å². The molecule has 13 N–H and O–H groups in total. The molecule has 0 aliphatic rings. The van der Waals surface area contributed by atoms with Crippen LogP contribution in [0.5, 0.6) is 40.2 Å². The summed E-state index contributed by atoms with van der Waals surface area (Å²) in [6.45, 7) is 18.2. The molecule has 27 nitrogen and oxygen atoms in total. The number of halogens is 1. The molecule has 0 saturated heterocycles. The molecule has 0 unspecified atom stereocenters. The number of aryl methyl sites for hydroxylation is 3. The Morgan fingerprint density at radius 3 is 1.29 bits per heavy atom. The number of aromatic hydroxyl groups is 4. The Bertz CT molecular complexity index is 7360. The Morgan fingerprint density at radius 2 is 0.848 bits per heavy atom. The maximum absolute atomic E-state index is 13.8. The first kappa shape index (κ1) is 102. The van der Waals surface area contributed by atoms with Gasteiger partial charge < -0.3 is 85.2 Å². The summed E-state index contributed by atoms with van der Waals surface area (Å²) in [5.74, 6) is -2.40. The number of nitrogens with zero attached hydrogens (tertiary/aromatic N) is 2. The molecular weight excluding hydrogens is 2030 g/mol. The van der Waals surface area contributed by atoms with E-state index in [1.165, 1.54) is 30.3 Å². The minimum atomic E-state index is -2.06. The number of anilines is 2. The van der Waals surface area contributed by atoms with E-state index in [0.717, 1.165) is 121 Å². The molecule has 12 aromatic carbocycles. The van der Waals surface area contributed by atoms with Gasteiger partial charge in [0.1, 0.15) is 51.0 Å². The van der Waals surface area contributed by atoms with Crippen LogP contribution in [0.4, 0.5) is 11.4 Å². The molecule has 2 amide bonds. The molecule has 0 fully saturated rings. The molecule has 16 rings (SSSR count). The van der Waals surface area contributed by atoms with E-state index in [4.69, 9.17) is 29.1 Å². The predicted molar refractivity (Wildman–Crippen MR) is 548 cm³/mol. The molecule has 0 aliphatic heterocycles. The van der Waals surface area contributed by atoms with Gasteiger partial charge in [0.15, 0.2) is 23.1 Å². The van der Waals surface area contributed by atoms with Crippen molar-refractivity contribution in [1.82, 2.24) is 29.7 Å². The number of pyridine rings is 2. The topological polar surface area (TPSA) is 416 Å². The third kappa shape index (κ3) is 25.4. The van der Waals surface area contributed by atoms with E-state index in [-0.39, 0.29) is 83.0 Å². The van der Waals surface area contributed by atoms with Crippen LogP contribution in [0.1, 0.15) is 172 Å². The van der Waals surface area contributed by atoms with Crippen LogP contribution < -0.4 is 46.6 Å². The number of phenolic OH excluding ortho intramolecular Hbond substituents is 2. The minimum absolute atomic E-state index is 0. The summed E-state index contributed by atoms with van der Waals surface area (Å²) in [7, 11) is 0. The van der Waals surface area contributed by atoms with Gasteiger partial charge in [0, 0.05) is 118 Å². The molecule has 0 spiro atoms. The van der Waals surface area contributed by atoms with Crippen molar-refractivity contribution in [2.24, 2.45) is 0 Å². The van der Waals surface area contributed by atoms with Crippen LogP contribution in [0.25, 0.3) is 65.2 Å². The van der Waals surface area contributed by atoms with E-state index in [2.05, 4.69) is 54.2 Å². The Balaban J connectivity index is 0.000000175. The molecule has 4 aromatic heterocycles. The van der Waals surface area contributed by atoms with Crippen LogP contribution >= 0.6 is 19.4 Å². The summed E-state index contributed by atoms with van der Waals surface area (Å²) >= 11 is -0.187. The monoisotopic (exact) mass is 2150 g/mol. The number of phenols is 4. The van der Waals surface area contributed by atoms with Crippen molar-refractivity contribution in [3.63, 3.8) is 0 Å². The number of carboxylic acid groups (broad SMARTS) is 2. The van der Waals surface area contributed by atoms with E-state index in [1.807, 2.05) is 224 Å². The first-order chi connectivity index (χ1) is 66.5. The van der Waals surface area contributed by atoms with E-state index in [1.54, 1.807) is 42.5 Å². The van der Waals surface area contributed by atoms with Crippen molar-refractivity contribution >= 4 is 138 Å². The number of para-hydroxylation sites is 2. The standard InChI is InChI=1S/2C29H24N2O4.C25H28N2O6.C25H30N2O4.CH4.HI.HN.W.H/c1-19-28(29(34)23-11-6-8-20-7-2-3-9-22(20)23)24-10-4-5-12-25(24)31(19)16-15-30-21-13-14-26(33)27(17-21)35-18-32;1-18-27(28(33)22-11-6-8-19-7-2-3-9-21(19)22)23-10-4-5-12-25(23)31(18)16-15-30-20-13-14-24(29(34)35)26(32)17-20;1-3-4-5-12-33-22-15(2)6-8-17-14-19(24(30)27-21(17)22)23(29)26-11-10-16-7-9-18(25(31)32)20(28)13-16;1-4-5-6-13-31-23-16(2)7-9-19-15-20(25(30)27-22(19)23)24(29)26-12-11-18-8-10-21(28)17(3)14-18;;;;;/h2-14,17-18,30,33H,15-16H2,1H3;2-14,17,30,32H,15-16H2,1H3,(H,34,35);6-9,13-14,28H,3-5,10-12H2,1-2H3,(H,26,29)(H,27,30)(H,31,32);7-10,14-15,28H,4-6,11-13H2,1-3H3,(H,26,29)(H,27,30);1H4;2*1H;;/q;;;;;;;+1;/p-1/i;;;;;;;;1+1. The van der Waals surface area contributed by atoms with Gasteiger partial charge in [-0.15, -0.1) is 0 Å². The van der Waals surface area contributed by atoms with Crippen molar-refractivity contribution in [2.75, 3.05) is 50.0 Å². The molecule has 0 bridgehead atoms. The van der Waals surface area contributed by atoms with Crippen molar-refractivity contribution < 1.29 is 92.9 Å². The third-order valence-corrected chi connectivity index (χ3v) is 23.4. The number of unbranched alkanes of at least 4 members (excludes halogenated alkanes) is 4. The number of nitrogens with one attached hydrogen (secondary N) is 7. The fraction of sp³-hybridized carbons (Fsp3) is 0.220. The van der Waals surface area contributed by atoms with Crippen LogP contribution in [-0.4, -0.2) is 132 Å². The summed E-state index contributed by atoms with van der Waals surface area (Å²) in [5, 5.41) is 76.5. The number of carboxylic acids is 2. The Kier molecular flexibility index (Phi) is 36.5. The SMILES string of the molecule is C.CCCCCOc1c(C)ccc2cc(C(=O)NCCc3ccc(C(=O)O)c(O)c3)c(=O)[nH]c12.CCCCCOc1c(C)ccc2cc(C(=O)NCCc3ccc(O)c(C)c3)c(=O)[nH]c12.Cc1c(C(=O)c2cccc3ccccc23)c2ccccc2n1CCNc1ccc(C(=O)O)c(O)c1.Cc1c(C(=O)c2cccc3ccccc23)c2ccccc2n1CCNc1ccc(O)c(OC=O)c1.[2H][W](=[NH])[I]. The van der Waals surface area contributed by atoms with Gasteiger partial charge in [-0.05, 0) is 176 Å². The normalized spacial score (nSPS) is 10.9. The van der Waals surface area contributed by atoms with Crippen LogP contribution in [0.2, 0.25) is 0 Å². The van der Waals surface area contributed by atoms with Crippen LogP contribution in [0, 0.1) is 38.5 Å². The second-order valence-electron chi connectivity index (χ2n) is 32.6. The first-order valence-corrected chi connectivity index (χ1v) is 54.6. The second kappa shape index (κ2) is 49.5. The molecular formula is C109H112IN9O18W. The van der Waals surface area contributed by atoms with Crippen molar-refractivity contribution in [3.05, 3.63) is 347 Å². The average Bonchev–Trinajstić information content (AvgIpc) is 1.60. The zero-order chi connectivity index (χ0) is 98.8. The molecule has 4 heterocycles. The number of hydrogen-bond donors (Lipinski definition) is 13. The molecule has 0 saturated carbocycles. The van der Waals surface area contributed by atoms with Gasteiger partial charge in [0.2, 0.25) is 0 Å². The maximum atomic E-state index is 13.8. The van der Waals surface area contributed by atoms with Gasteiger partial charge in [-0.2, -0.15) is 0 Å². The number of H-pyrrole nitrogens is 2. The Morgan fingerprint density at radius 1 is 0.442 bits per heavy atom. The van der Waals surface area contributed by atoms with Crippen molar-refractivity contribution in [3.8, 4) is 40.2 Å². The van der Waals surface area contributed by atoms with Crippen molar-refractivity contribution in [2.45, 2.75) is 120 Å². The summed E-state index contributed by atoms with van der Waals surface area (Å²) < 4.78 is 33.8. The van der Waals surface area contributed by atoms with Gasteiger partial charge in [-0.1, -0.05) is 211 Å². The fourth-order valence-corrected chi connectivity index (χ4v) is 16.4. The number of aromatic amines is 2. The molecule has 16 aromatic rings. The number of fused-ring (bicyclic) bond motifs is 6. The van der Waals surface area contributed by atoms with Crippen LogP contribution in [0.15, 0.2) is 252 Å². The number of ketones is 2. The molecule has 714 valence electrons. The quantitative estimate of drug-likeness (QED) is 0.00586. The van der Waals surface area contributed by atoms with Gasteiger partial charge in [-0.3, -0.25) is 33.6 Å². The number of carbonyl (C=O) groups is 7. The molecule has 138 heavy (non-hydrogen) atoms. The van der Waals surface area contributed by atoms with E-state index < -0.39 is 49.4 Å². The summed E-state index contributed by atoms with van der Waals surface area (Å²) in [6.07, 6.45) is 7.20. The third-order valence-electron chi connectivity index (χ3n) is 23.4. The Labute approximate surface area is 816 Å². The van der Waals surface area contributed by atoms with Gasteiger partial charge >= 0.3 is 50.5 Å². The Hall–Kier alpha value is -15.0. The van der Waals surface area contributed by atoms with Crippen LogP contribution in [0.3, 0.4) is 0 Å². The number of ether oxygens (including phenoxy) is 3. The number of benzene rings is 12. The number of rotatable bonds is 34. The number of aromatic carboxylic acids is 2. The number of amides is 2. The average molecular weight is 2150 g/mol. The van der Waals surface area contributed by atoms with Gasteiger partial charge in [-0.25, -0.2) is 9.59 Å². The molecule has 29 heteroatoms. The molecule has 0 atom stereocenters. The van der Waals surface area contributed by atoms with E-state index in [9.17, 15) is 63.6 Å². The fourth-order valence-electron chi connectivity index (χ4n) is 16.4. The van der Waals surface area contributed by atoms with Crippen molar-refractivity contribution in [1.29, 1.82) is 4.66 Å². The summed E-state index contributed by atoms with van der Waals surface area (Å²) in [5.41, 5.74) is 12.2. The molecule has 0 aliphatic carbocycles. The molecule has 0 radical (unpaired) electrons. The zero-order valence-electron chi connectivity index (χ0n) is 77.7. The van der Waals surface area contributed by atoms with E-state index >= 15 is 0 Å². The first-order valence-electron chi connectivity index (χ1n) is 45.2. The number of carbonyl (C=O) groups excluding carboxylic acids is 5. The summed E-state index contributed by atoms with van der Waals surface area (Å²) in [4.78, 5) is 117. The second-order valence-corrected chi connectivity index (χ2v) is 36.8. The summed E-state index contributed by atoms with van der Waals surface area (Å²) in [6, 6.07) is 72.8. The number of hydrogen-bond acceptors (Lipinski definition) is 19. The van der Waals surface area contributed by atoms with Gasteiger partial charge in [0.25, 0.3) is 29.4 Å². The zero-order valence-corrected chi connectivity index (χ0v) is 81.8. The number of aromatic nitrogens is 4. The van der Waals surface area contributed by atoms with Gasteiger partial charge in [0.05, 0.1) is 35.4 Å².